The second-order valence-corrected chi connectivity index (χ2v) is 6.07. The maximum atomic E-state index is 10.9. The number of hydrogen-bond donors (Lipinski definition) is 2. The Hall–Kier alpha value is -0.160. The van der Waals surface area contributed by atoms with Crippen LogP contribution in [0.4, 0.5) is 0 Å². The van der Waals surface area contributed by atoms with Gasteiger partial charge in [0.05, 0.1) is 18.8 Å². The normalized spacial score (nSPS) is 35.5. The lowest BCUT2D eigenvalue weighted by atomic mass is 9.75. The van der Waals surface area contributed by atoms with Crippen LogP contribution in [0.25, 0.3) is 0 Å². The standard InChI is InChI=1S/C14H25NO3/c16-13(12-4-2-1-3-9-15-12)5-7-14(8-6-13)17-10-11-18-14/h12,15-16H,1-11H2. The topological polar surface area (TPSA) is 50.7 Å². The predicted octanol–water partition coefficient (Wildman–Crippen LogP) is 1.57. The van der Waals surface area contributed by atoms with Crippen molar-refractivity contribution in [3.05, 3.63) is 0 Å². The zero-order chi connectivity index (χ0) is 12.5. The summed E-state index contributed by atoms with van der Waals surface area (Å²) in [6, 6.07) is 0.263. The van der Waals surface area contributed by atoms with E-state index in [0.29, 0.717) is 13.2 Å². The molecule has 2 N–H and O–H groups in total. The molecule has 2 saturated heterocycles. The van der Waals surface area contributed by atoms with Crippen molar-refractivity contribution >= 4 is 0 Å². The van der Waals surface area contributed by atoms with Gasteiger partial charge in [-0.05, 0) is 32.2 Å². The average Bonchev–Trinajstić information content (AvgIpc) is 2.66. The monoisotopic (exact) mass is 255 g/mol. The lowest BCUT2D eigenvalue weighted by Gasteiger charge is -2.44. The van der Waals surface area contributed by atoms with Crippen molar-refractivity contribution in [2.24, 2.45) is 0 Å². The van der Waals surface area contributed by atoms with Crippen molar-refractivity contribution in [1.29, 1.82) is 0 Å². The molecule has 1 spiro atoms. The summed E-state index contributed by atoms with van der Waals surface area (Å²) in [6.07, 6.45) is 8.13. The quantitative estimate of drug-likeness (QED) is 0.746. The molecular weight excluding hydrogens is 230 g/mol. The smallest absolute Gasteiger partial charge is 0.168 e. The van der Waals surface area contributed by atoms with Crippen LogP contribution < -0.4 is 5.32 Å². The highest BCUT2D eigenvalue weighted by Crippen LogP contribution is 2.42. The summed E-state index contributed by atoms with van der Waals surface area (Å²) in [5.74, 6) is -0.364. The van der Waals surface area contributed by atoms with Crippen LogP contribution in [0.3, 0.4) is 0 Å². The fourth-order valence-electron chi connectivity index (χ4n) is 3.69. The molecule has 0 radical (unpaired) electrons. The lowest BCUT2D eigenvalue weighted by molar-refractivity contribution is -0.206. The zero-order valence-electron chi connectivity index (χ0n) is 11.1. The summed E-state index contributed by atoms with van der Waals surface area (Å²) < 4.78 is 11.5. The number of ether oxygens (including phenoxy) is 2. The van der Waals surface area contributed by atoms with Gasteiger partial charge in [-0.1, -0.05) is 12.8 Å². The maximum absolute atomic E-state index is 10.9. The van der Waals surface area contributed by atoms with Crippen LogP contribution in [-0.4, -0.2) is 42.3 Å². The van der Waals surface area contributed by atoms with Crippen molar-refractivity contribution in [2.75, 3.05) is 19.8 Å². The second-order valence-electron chi connectivity index (χ2n) is 6.07. The van der Waals surface area contributed by atoms with Gasteiger partial charge in [-0.3, -0.25) is 0 Å². The SMILES string of the molecule is OC1(C2CCCCCN2)CCC2(CC1)OCCO2. The largest absolute Gasteiger partial charge is 0.388 e. The maximum Gasteiger partial charge on any atom is 0.168 e. The third kappa shape index (κ3) is 2.44. The van der Waals surface area contributed by atoms with Gasteiger partial charge < -0.3 is 19.9 Å². The molecule has 1 atom stereocenters. The Bertz CT molecular complexity index is 271. The van der Waals surface area contributed by atoms with E-state index in [1.807, 2.05) is 0 Å². The number of nitrogens with one attached hydrogen (secondary N) is 1. The van der Waals surface area contributed by atoms with E-state index < -0.39 is 5.60 Å². The molecule has 3 aliphatic rings. The zero-order valence-corrected chi connectivity index (χ0v) is 11.1. The van der Waals surface area contributed by atoms with E-state index in [-0.39, 0.29) is 11.8 Å². The molecule has 0 bridgehead atoms. The average molecular weight is 255 g/mol. The van der Waals surface area contributed by atoms with Crippen LogP contribution in [0.5, 0.6) is 0 Å². The Balaban J connectivity index is 1.62. The molecule has 0 amide bonds. The predicted molar refractivity (Wildman–Crippen MR) is 68.3 cm³/mol. The van der Waals surface area contributed by atoms with Crippen molar-refractivity contribution in [2.45, 2.75) is 68.8 Å². The summed E-state index contributed by atoms with van der Waals surface area (Å²) >= 11 is 0. The van der Waals surface area contributed by atoms with Crippen molar-refractivity contribution in [3.63, 3.8) is 0 Å². The minimum absolute atomic E-state index is 0.263. The molecule has 1 aliphatic carbocycles. The highest BCUT2D eigenvalue weighted by atomic mass is 16.7. The van der Waals surface area contributed by atoms with Gasteiger partial charge in [-0.15, -0.1) is 0 Å². The van der Waals surface area contributed by atoms with Crippen molar-refractivity contribution < 1.29 is 14.6 Å². The Morgan fingerprint density at radius 1 is 0.944 bits per heavy atom. The molecule has 2 aliphatic heterocycles. The van der Waals surface area contributed by atoms with E-state index in [1.165, 1.54) is 19.3 Å². The third-order valence-electron chi connectivity index (χ3n) is 4.90. The highest BCUT2D eigenvalue weighted by Gasteiger charge is 2.48. The third-order valence-corrected chi connectivity index (χ3v) is 4.90. The van der Waals surface area contributed by atoms with Crippen molar-refractivity contribution in [1.82, 2.24) is 5.32 Å². The summed E-state index contributed by atoms with van der Waals surface area (Å²) in [5.41, 5.74) is -0.551. The van der Waals surface area contributed by atoms with Gasteiger partial charge in [0.2, 0.25) is 0 Å². The Kier molecular flexibility index (Phi) is 3.63. The van der Waals surface area contributed by atoms with Crippen molar-refractivity contribution in [3.8, 4) is 0 Å². The van der Waals surface area contributed by atoms with E-state index >= 15 is 0 Å². The number of rotatable bonds is 1. The molecular formula is C14H25NO3. The molecule has 0 aromatic rings. The van der Waals surface area contributed by atoms with Gasteiger partial charge in [0.1, 0.15) is 0 Å². The van der Waals surface area contributed by atoms with Gasteiger partial charge in [0.25, 0.3) is 0 Å². The summed E-state index contributed by atoms with van der Waals surface area (Å²) in [5, 5.41) is 14.4. The first-order valence-corrected chi connectivity index (χ1v) is 7.46. The van der Waals surface area contributed by atoms with Crippen LogP contribution in [0, 0.1) is 0 Å². The van der Waals surface area contributed by atoms with E-state index in [9.17, 15) is 5.11 Å². The molecule has 3 fully saturated rings. The fraction of sp³-hybridized carbons (Fsp3) is 1.00. The van der Waals surface area contributed by atoms with E-state index in [0.717, 1.165) is 38.6 Å². The summed E-state index contributed by atoms with van der Waals surface area (Å²) in [7, 11) is 0. The minimum atomic E-state index is -0.551. The molecule has 2 heterocycles. The first kappa shape index (κ1) is 12.9. The number of hydrogen-bond acceptors (Lipinski definition) is 4. The first-order valence-electron chi connectivity index (χ1n) is 7.46. The second kappa shape index (κ2) is 5.08. The van der Waals surface area contributed by atoms with Crippen LogP contribution >= 0.6 is 0 Å². The summed E-state index contributed by atoms with van der Waals surface area (Å²) in [6.45, 7) is 2.46. The van der Waals surface area contributed by atoms with Gasteiger partial charge in [0.15, 0.2) is 5.79 Å². The molecule has 3 rings (SSSR count). The van der Waals surface area contributed by atoms with E-state index in [1.54, 1.807) is 0 Å². The first-order chi connectivity index (χ1) is 8.73. The lowest BCUT2D eigenvalue weighted by Crippen LogP contribution is -2.55. The molecule has 4 nitrogen and oxygen atoms in total. The Labute approximate surface area is 109 Å². The molecule has 1 unspecified atom stereocenters. The molecule has 0 aromatic heterocycles. The summed E-state index contributed by atoms with van der Waals surface area (Å²) in [4.78, 5) is 0. The minimum Gasteiger partial charge on any atom is -0.388 e. The van der Waals surface area contributed by atoms with E-state index in [2.05, 4.69) is 5.32 Å². The van der Waals surface area contributed by atoms with Crippen LogP contribution in [0.1, 0.15) is 51.4 Å². The molecule has 4 heteroatoms. The Morgan fingerprint density at radius 2 is 1.67 bits per heavy atom. The molecule has 1 saturated carbocycles. The van der Waals surface area contributed by atoms with Crippen LogP contribution in [0.2, 0.25) is 0 Å². The van der Waals surface area contributed by atoms with Gasteiger partial charge in [0, 0.05) is 18.9 Å². The Morgan fingerprint density at radius 3 is 2.39 bits per heavy atom. The van der Waals surface area contributed by atoms with Gasteiger partial charge in [-0.2, -0.15) is 0 Å². The van der Waals surface area contributed by atoms with Crippen LogP contribution in [-0.2, 0) is 9.47 Å². The molecule has 104 valence electrons. The van der Waals surface area contributed by atoms with Gasteiger partial charge in [-0.25, -0.2) is 0 Å². The van der Waals surface area contributed by atoms with Crippen LogP contribution in [0.15, 0.2) is 0 Å². The fourth-order valence-corrected chi connectivity index (χ4v) is 3.69. The van der Waals surface area contributed by atoms with Gasteiger partial charge >= 0.3 is 0 Å². The molecule has 18 heavy (non-hydrogen) atoms. The van der Waals surface area contributed by atoms with E-state index in [4.69, 9.17) is 9.47 Å². The number of aliphatic hydroxyl groups is 1. The highest BCUT2D eigenvalue weighted by molar-refractivity contribution is 4.99. The molecule has 0 aromatic carbocycles.